The quantitative estimate of drug-likeness (QED) is 0.0565. The summed E-state index contributed by atoms with van der Waals surface area (Å²) in [7, 11) is -40.7. The minimum atomic E-state index is -5.09. The summed E-state index contributed by atoms with van der Waals surface area (Å²) in [6.07, 6.45) is -8.60. The smallest absolute Gasteiger partial charge is 0.550 e. The molecular formula is C32H48Cu4O28Si8. The minimum absolute atomic E-state index is 0. The van der Waals surface area contributed by atoms with Gasteiger partial charge in [0.05, 0.1) is 0 Å². The summed E-state index contributed by atoms with van der Waals surface area (Å²) in [4.78, 5) is 95.4. The van der Waals surface area contributed by atoms with Gasteiger partial charge in [0.1, 0.15) is 0 Å². The van der Waals surface area contributed by atoms with Crippen molar-refractivity contribution in [2.24, 2.45) is 0 Å². The third kappa shape index (κ3) is 19.8. The van der Waals surface area contributed by atoms with Crippen LogP contribution in [0.1, 0.15) is 103 Å². The molecule has 6 aliphatic rings. The van der Waals surface area contributed by atoms with Crippen molar-refractivity contribution >= 4 is 118 Å². The third-order valence-electron chi connectivity index (χ3n) is 10.6. The Morgan fingerprint density at radius 2 is 0.292 bits per heavy atom. The molecular weight excluding hydrogens is 1310 g/mol. The Morgan fingerprint density at radius 3 is 0.361 bits per heavy atom. The van der Waals surface area contributed by atoms with Gasteiger partial charge >= 0.3 is 139 Å². The summed E-state index contributed by atoms with van der Waals surface area (Å²) in [5.74, 6) is -12.5. The molecule has 40 heteroatoms. The van der Waals surface area contributed by atoms with Crippen molar-refractivity contribution in [3.63, 3.8) is 0 Å². The second kappa shape index (κ2) is 29.2. The molecule has 8 bridgehead atoms. The molecule has 72 heavy (non-hydrogen) atoms. The van der Waals surface area contributed by atoms with E-state index in [1.165, 1.54) is 0 Å². The van der Waals surface area contributed by atoms with Crippen LogP contribution in [0.15, 0.2) is 0 Å². The third-order valence-corrected chi connectivity index (χ3v) is 48.2. The zero-order valence-electron chi connectivity index (χ0n) is 37.6. The Hall–Kier alpha value is -0.907. The molecule has 0 unspecified atom stereocenters. The average molecular weight is 1360 g/mol. The van der Waals surface area contributed by atoms with Crippen molar-refractivity contribution in [1.82, 2.24) is 0 Å². The van der Waals surface area contributed by atoms with Crippen molar-refractivity contribution < 1.29 is 197 Å². The second-order valence-corrected chi connectivity index (χ2v) is 41.2. The Labute approximate surface area is 462 Å². The normalized spacial score (nSPS) is 31.8. The van der Waals surface area contributed by atoms with E-state index in [4.69, 9.17) is 49.4 Å². The zero-order valence-corrected chi connectivity index (χ0v) is 49.4. The molecule has 6 fully saturated rings. The van der Waals surface area contributed by atoms with Crippen molar-refractivity contribution in [3.05, 3.63) is 0 Å². The second-order valence-electron chi connectivity index (χ2n) is 16.5. The van der Waals surface area contributed by atoms with Gasteiger partial charge in [0.2, 0.25) is 0 Å². The van der Waals surface area contributed by atoms with Crippen LogP contribution in [-0.2, 0) is 156 Å². The van der Waals surface area contributed by atoms with Crippen LogP contribution in [0, 0.1) is 0 Å². The van der Waals surface area contributed by atoms with Gasteiger partial charge in [0.25, 0.3) is 0 Å². The maximum atomic E-state index is 11.9. The van der Waals surface area contributed by atoms with Crippen LogP contribution in [-0.4, -0.2) is 118 Å². The molecule has 0 aromatic rings. The molecule has 0 atom stereocenters. The van der Waals surface area contributed by atoms with Gasteiger partial charge in [-0.25, -0.2) is 0 Å². The van der Waals surface area contributed by atoms with E-state index in [1.807, 2.05) is 0 Å². The average Bonchev–Trinajstić information content (AvgIpc) is 3.13. The van der Waals surface area contributed by atoms with E-state index < -0.39 is 218 Å². The standard InChI is InChI=1S/C32H56O28Si8.4Cu/c33-25(34)9-1-17-61-49-62(18-2-10-26(35)36)52-65(21-5-13-29(41)42)54-63(50-61,19-3-11-27(37)38)56-67(23-7-15-31(45)46)57-64(51-61,20-4-12-28(39)40)55-66(53-62,22-6-14-30(43)44)59-68(58-65,60-67)24-8-16-32(47)48;;;;/h1-24H2,(H,33,34)(H,35,36)(H,37,38)(H,39,40)(H,41,42)(H,43,44)(H,45,46)(H,47,48);;;;/q;4*+2/p-8. The van der Waals surface area contributed by atoms with Gasteiger partial charge in [-0.15, -0.1) is 0 Å². The van der Waals surface area contributed by atoms with Crippen LogP contribution in [0.2, 0.25) is 48.4 Å². The Kier molecular flexibility index (Phi) is 28.0. The molecule has 0 aliphatic carbocycles. The fourth-order valence-electron chi connectivity index (χ4n) is 8.16. The first-order valence-corrected chi connectivity index (χ1v) is 37.3. The Morgan fingerprint density at radius 1 is 0.208 bits per heavy atom. The first-order chi connectivity index (χ1) is 31.8. The van der Waals surface area contributed by atoms with Gasteiger partial charge in [-0.05, 0) is 103 Å². The topological polar surface area (TPSA) is 432 Å². The number of carboxylic acids is 8. The number of carbonyl (C=O) groups is 8. The number of rotatable bonds is 32. The molecule has 28 nitrogen and oxygen atoms in total. The van der Waals surface area contributed by atoms with Crippen LogP contribution in [0.3, 0.4) is 0 Å². The van der Waals surface area contributed by atoms with Crippen LogP contribution in [0.4, 0.5) is 0 Å². The van der Waals surface area contributed by atoms with Crippen molar-refractivity contribution in [1.29, 1.82) is 0 Å². The number of hydrogen-bond acceptors (Lipinski definition) is 28. The number of carboxylic acid groups (broad SMARTS) is 8. The van der Waals surface area contributed by atoms with Gasteiger partial charge in [0, 0.05) is 96.1 Å². The van der Waals surface area contributed by atoms with E-state index in [9.17, 15) is 79.2 Å². The van der Waals surface area contributed by atoms with Gasteiger partial charge in [-0.2, -0.15) is 0 Å². The van der Waals surface area contributed by atoms with Gasteiger partial charge in [-0.1, -0.05) is 0 Å². The fourth-order valence-corrected chi connectivity index (χ4v) is 58.6. The minimum Gasteiger partial charge on any atom is -0.550 e. The summed E-state index contributed by atoms with van der Waals surface area (Å²) >= 11 is 0. The Bertz CT molecular complexity index is 1470. The molecule has 0 aromatic carbocycles. The van der Waals surface area contributed by atoms with Gasteiger partial charge in [-0.3, -0.25) is 0 Å². The molecule has 0 saturated carbocycles. The molecule has 0 N–H and O–H groups in total. The summed E-state index contributed by atoms with van der Waals surface area (Å²) in [5, 5.41) is 95.4. The van der Waals surface area contributed by atoms with E-state index in [0.29, 0.717) is 0 Å². The predicted octanol–water partition coefficient (Wildman–Crippen LogP) is -8.00. The molecule has 6 rings (SSSR count). The number of carbonyl (C=O) groups excluding carboxylic acids is 8. The van der Waals surface area contributed by atoms with E-state index >= 15 is 0 Å². The van der Waals surface area contributed by atoms with Crippen molar-refractivity contribution in [3.8, 4) is 0 Å². The van der Waals surface area contributed by atoms with Crippen LogP contribution in [0.25, 0.3) is 0 Å². The first kappa shape index (κ1) is 69.1. The maximum absolute atomic E-state index is 11.9. The van der Waals surface area contributed by atoms with Gasteiger partial charge in [0.15, 0.2) is 0 Å². The summed E-state index contributed by atoms with van der Waals surface area (Å²) < 4.78 is 84.2. The fraction of sp³-hybridized carbons (Fsp3) is 0.750. The molecule has 0 aromatic heterocycles. The summed E-state index contributed by atoms with van der Waals surface area (Å²) in [6.45, 7) is 0. The van der Waals surface area contributed by atoms with Crippen molar-refractivity contribution in [2.75, 3.05) is 0 Å². The first-order valence-electron chi connectivity index (χ1n) is 21.8. The van der Waals surface area contributed by atoms with E-state index in [2.05, 4.69) is 0 Å². The van der Waals surface area contributed by atoms with E-state index in [-0.39, 0.29) is 120 Å². The predicted molar refractivity (Wildman–Crippen MR) is 211 cm³/mol. The summed E-state index contributed by atoms with van der Waals surface area (Å²) in [5.41, 5.74) is 0. The summed E-state index contributed by atoms with van der Waals surface area (Å²) in [6, 6.07) is -4.37. The molecule has 6 saturated heterocycles. The number of hydrogen-bond donors (Lipinski definition) is 0. The molecule has 0 spiro atoms. The van der Waals surface area contributed by atoms with E-state index in [0.717, 1.165) is 0 Å². The maximum Gasteiger partial charge on any atom is 2.00 e. The van der Waals surface area contributed by atoms with Crippen LogP contribution in [0.5, 0.6) is 0 Å². The molecule has 6 aliphatic heterocycles. The largest absolute Gasteiger partial charge is 2.00 e. The SMILES string of the molecule is O=C([O-])CCC[Si]12O[Si]3(CCCC(=O)[O-])O[Si]4(CCCC(=O)[O-])O[Si](CCCC(=O)[O-])(O1)O[Si]1(CCCC(=O)[O-])O[Si](CCCC(=O)[O-])(O2)O[Si](CCCC(=O)[O-])(O3)O[Si](CCCC(=O)[O-])(O4)O1.[Cu+2].[Cu+2].[Cu+2].[Cu+2]. The van der Waals surface area contributed by atoms with Crippen LogP contribution >= 0.6 is 0 Å². The van der Waals surface area contributed by atoms with Crippen molar-refractivity contribution in [2.45, 2.75) is 151 Å². The zero-order chi connectivity index (χ0) is 50.1. The monoisotopic (exact) mass is 1360 g/mol. The number of aliphatic carboxylic acids is 8. The molecule has 0 amide bonds. The molecule has 6 heterocycles. The van der Waals surface area contributed by atoms with Gasteiger partial charge < -0.3 is 129 Å². The Balaban J connectivity index is 0.00000648. The molecule has 4 radical (unpaired) electrons. The van der Waals surface area contributed by atoms with E-state index in [1.54, 1.807) is 0 Å². The van der Waals surface area contributed by atoms with Crippen LogP contribution < -0.4 is 40.9 Å². The molecule has 420 valence electrons.